The minimum Gasteiger partial charge on any atom is -0.408 e. The Kier molecular flexibility index (Phi) is 6.57. The number of carbonyl (C=O) groups is 1. The first kappa shape index (κ1) is 22.0. The second kappa shape index (κ2) is 9.54. The van der Waals surface area contributed by atoms with Crippen molar-refractivity contribution in [2.24, 2.45) is 0 Å². The number of aromatic amines is 1. The molecule has 32 heavy (non-hydrogen) atoms. The van der Waals surface area contributed by atoms with E-state index in [-0.39, 0.29) is 17.6 Å². The van der Waals surface area contributed by atoms with Crippen LogP contribution in [0, 0.1) is 0 Å². The summed E-state index contributed by atoms with van der Waals surface area (Å²) in [5.74, 6) is 0.473. The summed E-state index contributed by atoms with van der Waals surface area (Å²) in [6.45, 7) is 2.75. The second-order valence-corrected chi connectivity index (χ2v) is 8.68. The predicted octanol–water partition coefficient (Wildman–Crippen LogP) is 3.75. The normalized spacial score (nSPS) is 12.5. The number of oxazole rings is 1. The molecule has 0 saturated carbocycles. The predicted molar refractivity (Wildman–Crippen MR) is 124 cm³/mol. The van der Waals surface area contributed by atoms with Gasteiger partial charge in [0.2, 0.25) is 0 Å². The van der Waals surface area contributed by atoms with Crippen molar-refractivity contribution in [3.63, 3.8) is 0 Å². The van der Waals surface area contributed by atoms with E-state index in [0.29, 0.717) is 28.4 Å². The fourth-order valence-electron chi connectivity index (χ4n) is 3.68. The Morgan fingerprint density at radius 2 is 1.97 bits per heavy atom. The molecule has 1 N–H and O–H groups in total. The van der Waals surface area contributed by atoms with E-state index in [9.17, 15) is 9.59 Å². The number of H-pyrrole nitrogens is 1. The van der Waals surface area contributed by atoms with Crippen LogP contribution in [-0.4, -0.2) is 50.3 Å². The fraction of sp³-hybridized carbons (Fsp3) is 0.304. The van der Waals surface area contributed by atoms with Gasteiger partial charge in [0, 0.05) is 5.56 Å². The lowest BCUT2D eigenvalue weighted by Gasteiger charge is -2.23. The molecule has 8 nitrogen and oxygen atoms in total. The number of rotatable bonds is 9. The molecule has 1 atom stereocenters. The van der Waals surface area contributed by atoms with Crippen molar-refractivity contribution < 1.29 is 9.21 Å². The number of Topliss-reactive ketones (excluding diaryl/α,β-unsaturated/α-hetero) is 1. The largest absolute Gasteiger partial charge is 0.417 e. The van der Waals surface area contributed by atoms with Crippen LogP contribution >= 0.6 is 11.8 Å². The SMILES string of the molecule is CC[C@H](c1nnc(SCC(=O)c2ccc3[nH]c(=O)oc3c2)n1Cc1ccccc1)N(C)C. The summed E-state index contributed by atoms with van der Waals surface area (Å²) in [4.78, 5) is 28.9. The van der Waals surface area contributed by atoms with Crippen molar-refractivity contribution in [2.45, 2.75) is 31.1 Å². The average molecular weight is 452 g/mol. The molecule has 0 aliphatic carbocycles. The van der Waals surface area contributed by atoms with Gasteiger partial charge in [0.1, 0.15) is 0 Å². The molecule has 0 aliphatic heterocycles. The first-order valence-corrected chi connectivity index (χ1v) is 11.4. The monoisotopic (exact) mass is 451 g/mol. The zero-order chi connectivity index (χ0) is 22.7. The van der Waals surface area contributed by atoms with Crippen LogP contribution in [0.2, 0.25) is 0 Å². The van der Waals surface area contributed by atoms with Crippen molar-refractivity contribution in [3.8, 4) is 0 Å². The molecular weight excluding hydrogens is 426 g/mol. The third-order valence-corrected chi connectivity index (χ3v) is 6.28. The lowest BCUT2D eigenvalue weighted by atomic mass is 10.1. The Bertz CT molecular complexity index is 1280. The molecule has 2 heterocycles. The molecule has 166 valence electrons. The summed E-state index contributed by atoms with van der Waals surface area (Å²) in [6, 6.07) is 15.2. The van der Waals surface area contributed by atoms with Gasteiger partial charge in [-0.15, -0.1) is 10.2 Å². The minimum absolute atomic E-state index is 0.0730. The van der Waals surface area contributed by atoms with E-state index in [1.54, 1.807) is 18.2 Å². The Morgan fingerprint density at radius 1 is 1.19 bits per heavy atom. The highest BCUT2D eigenvalue weighted by atomic mass is 32.2. The molecule has 9 heteroatoms. The van der Waals surface area contributed by atoms with Crippen molar-refractivity contribution in [3.05, 3.63) is 76.0 Å². The summed E-state index contributed by atoms with van der Waals surface area (Å²) in [7, 11) is 4.06. The fourth-order valence-corrected chi connectivity index (χ4v) is 4.52. The van der Waals surface area contributed by atoms with Gasteiger partial charge >= 0.3 is 5.76 Å². The number of nitrogens with zero attached hydrogens (tertiary/aromatic N) is 4. The summed E-state index contributed by atoms with van der Waals surface area (Å²) < 4.78 is 7.16. The smallest absolute Gasteiger partial charge is 0.408 e. The molecule has 0 radical (unpaired) electrons. The molecule has 0 fully saturated rings. The van der Waals surface area contributed by atoms with Crippen LogP contribution in [0.4, 0.5) is 0 Å². The molecule has 2 aromatic heterocycles. The van der Waals surface area contributed by atoms with Gasteiger partial charge in [0.15, 0.2) is 22.3 Å². The highest BCUT2D eigenvalue weighted by Gasteiger charge is 2.23. The lowest BCUT2D eigenvalue weighted by Crippen LogP contribution is -2.23. The van der Waals surface area contributed by atoms with Crippen LogP contribution in [0.15, 0.2) is 62.9 Å². The van der Waals surface area contributed by atoms with E-state index in [1.165, 1.54) is 11.8 Å². The molecule has 4 rings (SSSR count). The van der Waals surface area contributed by atoms with Gasteiger partial charge < -0.3 is 8.98 Å². The maximum atomic E-state index is 12.8. The highest BCUT2D eigenvalue weighted by molar-refractivity contribution is 7.99. The zero-order valence-corrected chi connectivity index (χ0v) is 19.1. The van der Waals surface area contributed by atoms with Gasteiger partial charge in [-0.2, -0.15) is 0 Å². The van der Waals surface area contributed by atoms with E-state index in [4.69, 9.17) is 4.42 Å². The molecule has 0 aliphatic rings. The molecule has 0 amide bonds. The lowest BCUT2D eigenvalue weighted by molar-refractivity contribution is 0.102. The number of hydrogen-bond acceptors (Lipinski definition) is 7. The van der Waals surface area contributed by atoms with Gasteiger partial charge in [-0.05, 0) is 44.3 Å². The summed E-state index contributed by atoms with van der Waals surface area (Å²) in [6.07, 6.45) is 0.894. The number of thioether (sulfide) groups is 1. The molecule has 0 saturated heterocycles. The van der Waals surface area contributed by atoms with Crippen LogP contribution < -0.4 is 5.76 Å². The van der Waals surface area contributed by atoms with Gasteiger partial charge in [-0.25, -0.2) is 4.79 Å². The topological polar surface area (TPSA) is 97.0 Å². The highest BCUT2D eigenvalue weighted by Crippen LogP contribution is 2.27. The van der Waals surface area contributed by atoms with Crippen molar-refractivity contribution in [1.29, 1.82) is 0 Å². The molecule has 0 unspecified atom stereocenters. The van der Waals surface area contributed by atoms with Gasteiger partial charge in [0.25, 0.3) is 0 Å². The number of benzene rings is 2. The first-order chi connectivity index (χ1) is 15.5. The number of aromatic nitrogens is 4. The zero-order valence-electron chi connectivity index (χ0n) is 18.2. The van der Waals surface area contributed by atoms with Crippen molar-refractivity contribution in [1.82, 2.24) is 24.6 Å². The molecule has 0 spiro atoms. The third kappa shape index (κ3) is 4.68. The van der Waals surface area contributed by atoms with Crippen LogP contribution in [-0.2, 0) is 6.54 Å². The number of hydrogen-bond donors (Lipinski definition) is 1. The van der Waals surface area contributed by atoms with Gasteiger partial charge in [0.05, 0.1) is 23.9 Å². The Hall–Kier alpha value is -3.17. The van der Waals surface area contributed by atoms with Crippen LogP contribution in [0.1, 0.15) is 41.1 Å². The van der Waals surface area contributed by atoms with E-state index in [1.807, 2.05) is 32.3 Å². The van der Waals surface area contributed by atoms with Crippen molar-refractivity contribution >= 4 is 28.6 Å². The quantitative estimate of drug-likeness (QED) is 0.306. The number of fused-ring (bicyclic) bond motifs is 1. The number of carbonyl (C=O) groups excluding carboxylic acids is 1. The molecular formula is C23H25N5O3S. The van der Waals surface area contributed by atoms with E-state index in [2.05, 4.69) is 43.7 Å². The molecule has 4 aromatic rings. The maximum absolute atomic E-state index is 12.8. The standard InChI is InChI=1S/C23H25N5O3S/c1-4-18(27(2)3)21-25-26-22(28(21)13-15-8-6-5-7-9-15)32-14-19(29)16-10-11-17-20(12-16)31-23(30)24-17/h5-12,18H,4,13-14H2,1-3H3,(H,24,30)/t18-/m1/s1. The Labute approximate surface area is 189 Å². The minimum atomic E-state index is -0.535. The van der Waals surface area contributed by atoms with Crippen molar-refractivity contribution in [2.75, 3.05) is 19.8 Å². The van der Waals surface area contributed by atoms with Gasteiger partial charge in [-0.1, -0.05) is 49.0 Å². The third-order valence-electron chi connectivity index (χ3n) is 5.31. The maximum Gasteiger partial charge on any atom is 0.417 e. The number of nitrogens with one attached hydrogen (secondary N) is 1. The summed E-state index contributed by atoms with van der Waals surface area (Å²) >= 11 is 1.36. The number of ketones is 1. The Balaban J connectivity index is 1.58. The second-order valence-electron chi connectivity index (χ2n) is 7.74. The van der Waals surface area contributed by atoms with Gasteiger partial charge in [-0.3, -0.25) is 14.7 Å². The molecule has 2 aromatic carbocycles. The summed E-state index contributed by atoms with van der Waals surface area (Å²) in [5.41, 5.74) is 2.57. The molecule has 0 bridgehead atoms. The summed E-state index contributed by atoms with van der Waals surface area (Å²) in [5, 5.41) is 9.60. The average Bonchev–Trinajstić information content (AvgIpc) is 3.35. The van der Waals surface area contributed by atoms with Crippen LogP contribution in [0.5, 0.6) is 0 Å². The van der Waals surface area contributed by atoms with Crippen LogP contribution in [0.25, 0.3) is 11.1 Å². The van der Waals surface area contributed by atoms with E-state index in [0.717, 1.165) is 17.8 Å². The first-order valence-electron chi connectivity index (χ1n) is 10.4. The van der Waals surface area contributed by atoms with E-state index < -0.39 is 5.76 Å². The van der Waals surface area contributed by atoms with Crippen LogP contribution in [0.3, 0.4) is 0 Å². The Morgan fingerprint density at radius 3 is 2.69 bits per heavy atom. The van der Waals surface area contributed by atoms with E-state index >= 15 is 0 Å².